The van der Waals surface area contributed by atoms with Gasteiger partial charge in [-0.2, -0.15) is 5.26 Å². The molecule has 0 spiro atoms. The van der Waals surface area contributed by atoms with Crippen LogP contribution in [0.15, 0.2) is 42.7 Å². The zero-order valence-corrected chi connectivity index (χ0v) is 18.1. The second kappa shape index (κ2) is 8.60. The molecule has 2 aliphatic heterocycles. The van der Waals surface area contributed by atoms with E-state index in [9.17, 15) is 5.26 Å². The molecule has 0 amide bonds. The van der Waals surface area contributed by atoms with Crippen LogP contribution in [0.1, 0.15) is 36.8 Å². The first-order chi connectivity index (χ1) is 15.3. The van der Waals surface area contributed by atoms with Crippen molar-refractivity contribution in [3.05, 3.63) is 53.9 Å². The van der Waals surface area contributed by atoms with Crippen LogP contribution in [0.2, 0.25) is 0 Å². The van der Waals surface area contributed by atoms with Crippen LogP contribution in [0, 0.1) is 11.3 Å². The lowest BCUT2D eigenvalue weighted by Gasteiger charge is -2.42. The van der Waals surface area contributed by atoms with Crippen molar-refractivity contribution in [3.63, 3.8) is 0 Å². The average molecular weight is 416 g/mol. The smallest absolute Gasteiger partial charge is 0.171 e. The minimum absolute atomic E-state index is 0.528. The van der Waals surface area contributed by atoms with Gasteiger partial charge >= 0.3 is 0 Å². The van der Waals surface area contributed by atoms with Crippen molar-refractivity contribution in [2.45, 2.75) is 44.2 Å². The van der Waals surface area contributed by atoms with Crippen LogP contribution in [0.4, 0.5) is 5.82 Å². The molecule has 0 saturated carbocycles. The van der Waals surface area contributed by atoms with Gasteiger partial charge in [0.05, 0.1) is 18.7 Å². The fourth-order valence-corrected chi connectivity index (χ4v) is 5.36. The lowest BCUT2D eigenvalue weighted by atomic mass is 10.0. The summed E-state index contributed by atoms with van der Waals surface area (Å²) in [6, 6.07) is 13.1. The van der Waals surface area contributed by atoms with E-state index in [1.807, 2.05) is 36.5 Å². The third kappa shape index (κ3) is 3.86. The number of fused-ring (bicyclic) bond motifs is 3. The summed E-state index contributed by atoms with van der Waals surface area (Å²) in [7, 11) is 1.73. The van der Waals surface area contributed by atoms with Crippen LogP contribution in [0.25, 0.3) is 10.9 Å². The number of piperazine rings is 1. The monoisotopic (exact) mass is 415 g/mol. The van der Waals surface area contributed by atoms with Crippen molar-refractivity contribution >= 4 is 16.7 Å². The lowest BCUT2D eigenvalue weighted by Crippen LogP contribution is -2.54. The number of methoxy groups -OCH3 is 1. The molecular formula is C25H29N5O. The van der Waals surface area contributed by atoms with Crippen molar-refractivity contribution in [3.8, 4) is 11.8 Å². The van der Waals surface area contributed by atoms with Crippen LogP contribution in [-0.2, 0) is 6.42 Å². The number of benzene rings is 1. The summed E-state index contributed by atoms with van der Waals surface area (Å²) in [5, 5.41) is 10.4. The van der Waals surface area contributed by atoms with Crippen LogP contribution >= 0.6 is 0 Å². The predicted molar refractivity (Wildman–Crippen MR) is 122 cm³/mol. The summed E-state index contributed by atoms with van der Waals surface area (Å²) in [4.78, 5) is 13.1. The second-order valence-electron chi connectivity index (χ2n) is 8.72. The minimum atomic E-state index is 0.528. The van der Waals surface area contributed by atoms with E-state index >= 15 is 0 Å². The van der Waals surface area contributed by atoms with Crippen LogP contribution in [0.3, 0.4) is 0 Å². The molecule has 0 radical (unpaired) electrons. The number of hydrogen-bond acceptors (Lipinski definition) is 5. The predicted octanol–water partition coefficient (Wildman–Crippen LogP) is 4.12. The highest BCUT2D eigenvalue weighted by Crippen LogP contribution is 2.38. The van der Waals surface area contributed by atoms with E-state index in [4.69, 9.17) is 4.74 Å². The first kappa shape index (κ1) is 19.9. The number of nitrogens with one attached hydrogen (secondary N) is 1. The molecule has 160 valence electrons. The molecule has 2 aliphatic rings. The standard InChI is InChI=1S/C25H29N5O/c1-31-24-6-4-11-27-25(24)30-20-8-9-21(30)17-29(16-20)12-3-2-5-19-15-28-23-10-7-18(14-26)13-22(19)23/h4,6-7,10-11,13,15,20-21,28H,2-3,5,8-9,12,16-17H2,1H3. The number of nitriles is 1. The number of unbranched alkanes of at least 4 members (excludes halogenated alkanes) is 1. The molecular weight excluding hydrogens is 386 g/mol. The van der Waals surface area contributed by atoms with E-state index in [-0.39, 0.29) is 0 Å². The maximum Gasteiger partial charge on any atom is 0.171 e. The van der Waals surface area contributed by atoms with E-state index in [0.29, 0.717) is 12.1 Å². The van der Waals surface area contributed by atoms with Crippen LogP contribution in [0.5, 0.6) is 5.75 Å². The fraction of sp³-hybridized carbons (Fsp3) is 0.440. The molecule has 5 rings (SSSR count). The van der Waals surface area contributed by atoms with Gasteiger partial charge in [0.1, 0.15) is 0 Å². The van der Waals surface area contributed by atoms with E-state index in [1.54, 1.807) is 7.11 Å². The van der Waals surface area contributed by atoms with Crippen molar-refractivity contribution in [1.82, 2.24) is 14.9 Å². The van der Waals surface area contributed by atoms with Gasteiger partial charge in [-0.3, -0.25) is 4.90 Å². The molecule has 1 aromatic carbocycles. The van der Waals surface area contributed by atoms with E-state index in [2.05, 4.69) is 32.0 Å². The number of pyridine rings is 1. The third-order valence-electron chi connectivity index (χ3n) is 6.84. The normalized spacial score (nSPS) is 20.8. The quantitative estimate of drug-likeness (QED) is 0.588. The summed E-state index contributed by atoms with van der Waals surface area (Å²) in [5.74, 6) is 1.89. The van der Waals surface area contributed by atoms with Gasteiger partial charge in [-0.15, -0.1) is 0 Å². The molecule has 6 heteroatoms. The van der Waals surface area contributed by atoms with E-state index in [0.717, 1.165) is 55.1 Å². The molecule has 2 saturated heterocycles. The fourth-order valence-electron chi connectivity index (χ4n) is 5.36. The van der Waals surface area contributed by atoms with Crippen LogP contribution < -0.4 is 9.64 Å². The number of hydrogen-bond donors (Lipinski definition) is 1. The zero-order valence-electron chi connectivity index (χ0n) is 18.1. The van der Waals surface area contributed by atoms with Crippen molar-refractivity contribution in [1.29, 1.82) is 5.26 Å². The number of rotatable bonds is 7. The maximum atomic E-state index is 9.17. The highest BCUT2D eigenvalue weighted by atomic mass is 16.5. The lowest BCUT2D eigenvalue weighted by molar-refractivity contribution is 0.214. The van der Waals surface area contributed by atoms with Gasteiger partial charge < -0.3 is 14.6 Å². The second-order valence-corrected chi connectivity index (χ2v) is 8.72. The first-order valence-electron chi connectivity index (χ1n) is 11.3. The summed E-state index contributed by atoms with van der Waals surface area (Å²) >= 11 is 0. The molecule has 2 bridgehead atoms. The molecule has 3 aromatic rings. The third-order valence-corrected chi connectivity index (χ3v) is 6.84. The van der Waals surface area contributed by atoms with Gasteiger partial charge in [0, 0.05) is 48.5 Å². The number of likely N-dealkylation sites (tertiary alicyclic amines) is 1. The molecule has 2 unspecified atom stereocenters. The van der Waals surface area contributed by atoms with Gasteiger partial charge in [-0.1, -0.05) is 0 Å². The van der Waals surface area contributed by atoms with E-state index in [1.165, 1.54) is 30.2 Å². The van der Waals surface area contributed by atoms with Gasteiger partial charge in [-0.05, 0) is 74.5 Å². The van der Waals surface area contributed by atoms with Crippen molar-refractivity contribution < 1.29 is 4.74 Å². The Morgan fingerprint density at radius 3 is 2.81 bits per heavy atom. The molecule has 1 N–H and O–H groups in total. The number of aromatic amines is 1. The summed E-state index contributed by atoms with van der Waals surface area (Å²) in [6.07, 6.45) is 9.84. The van der Waals surface area contributed by atoms with Gasteiger partial charge in [-0.25, -0.2) is 4.98 Å². The van der Waals surface area contributed by atoms with Crippen molar-refractivity contribution in [2.24, 2.45) is 0 Å². The largest absolute Gasteiger partial charge is 0.493 e. The van der Waals surface area contributed by atoms with Gasteiger partial charge in [0.15, 0.2) is 11.6 Å². The first-order valence-corrected chi connectivity index (χ1v) is 11.3. The number of aryl methyl sites for hydroxylation is 1. The Morgan fingerprint density at radius 2 is 2.03 bits per heavy atom. The maximum absolute atomic E-state index is 9.17. The van der Waals surface area contributed by atoms with Crippen LogP contribution in [-0.4, -0.2) is 53.7 Å². The molecule has 0 aliphatic carbocycles. The van der Waals surface area contributed by atoms with E-state index < -0.39 is 0 Å². The number of anilines is 1. The topological polar surface area (TPSA) is 68.2 Å². The molecule has 2 aromatic heterocycles. The summed E-state index contributed by atoms with van der Waals surface area (Å²) < 4.78 is 5.57. The molecule has 2 fully saturated rings. The molecule has 6 nitrogen and oxygen atoms in total. The Hall–Kier alpha value is -3.04. The van der Waals surface area contributed by atoms with Gasteiger partial charge in [0.2, 0.25) is 0 Å². The molecule has 2 atom stereocenters. The number of aromatic nitrogens is 2. The Kier molecular flexibility index (Phi) is 5.52. The zero-order chi connectivity index (χ0) is 21.2. The average Bonchev–Trinajstić information content (AvgIpc) is 3.33. The Labute approximate surface area is 183 Å². The summed E-state index contributed by atoms with van der Waals surface area (Å²) in [6.45, 7) is 3.36. The Bertz CT molecular complexity index is 1090. The Morgan fingerprint density at radius 1 is 1.19 bits per heavy atom. The minimum Gasteiger partial charge on any atom is -0.493 e. The number of nitrogens with zero attached hydrogens (tertiary/aromatic N) is 4. The number of ether oxygens (including phenoxy) is 1. The number of H-pyrrole nitrogens is 1. The Balaban J connectivity index is 1.16. The molecule has 4 heterocycles. The highest BCUT2D eigenvalue weighted by molar-refractivity contribution is 5.84. The van der Waals surface area contributed by atoms with Crippen molar-refractivity contribution in [2.75, 3.05) is 31.6 Å². The summed E-state index contributed by atoms with van der Waals surface area (Å²) in [5.41, 5.74) is 3.16. The highest BCUT2D eigenvalue weighted by Gasteiger charge is 2.41. The van der Waals surface area contributed by atoms with Gasteiger partial charge in [0.25, 0.3) is 0 Å². The molecule has 31 heavy (non-hydrogen) atoms. The SMILES string of the molecule is COc1cccnc1N1C2CCC1CN(CCCCc1c[nH]c3ccc(C#N)cc13)C2.